The first-order chi connectivity index (χ1) is 17.1. The molecule has 0 saturated carbocycles. The van der Waals surface area contributed by atoms with Gasteiger partial charge in [-0.1, -0.05) is 83.1 Å². The van der Waals surface area contributed by atoms with Crippen LogP contribution in [0.15, 0.2) is 72.8 Å². The minimum absolute atomic E-state index is 0.134. The lowest BCUT2D eigenvalue weighted by Gasteiger charge is -2.23. The van der Waals surface area contributed by atoms with Crippen LogP contribution in [0.1, 0.15) is 68.6 Å². The fraction of sp³-hybridized carbons (Fsp3) is 0.355. The Labute approximate surface area is 214 Å². The van der Waals surface area contributed by atoms with Crippen molar-refractivity contribution in [2.45, 2.75) is 52.6 Å². The molecule has 0 aromatic heterocycles. The van der Waals surface area contributed by atoms with Crippen molar-refractivity contribution in [1.29, 1.82) is 0 Å². The number of methoxy groups -OCH3 is 1. The van der Waals surface area contributed by atoms with E-state index in [4.69, 9.17) is 4.74 Å². The molecule has 3 rings (SSSR count). The number of nitrogens with one attached hydrogen (secondary N) is 1. The van der Waals surface area contributed by atoms with Gasteiger partial charge in [0.2, 0.25) is 0 Å². The van der Waals surface area contributed by atoms with E-state index in [2.05, 4.69) is 81.1 Å². The van der Waals surface area contributed by atoms with Crippen molar-refractivity contribution < 1.29 is 19.1 Å². The van der Waals surface area contributed by atoms with Crippen LogP contribution in [0.25, 0.3) is 11.1 Å². The van der Waals surface area contributed by atoms with Crippen LogP contribution >= 0.6 is 0 Å². The first-order valence-corrected chi connectivity index (χ1v) is 12.4. The maximum absolute atomic E-state index is 12.3. The summed E-state index contributed by atoms with van der Waals surface area (Å²) in [6.07, 6.45) is -0.0108. The Kier molecular flexibility index (Phi) is 8.92. The molecule has 0 heterocycles. The normalized spacial score (nSPS) is 12.2. The first kappa shape index (κ1) is 27.0. The number of carbonyl (C=O) groups is 2. The second kappa shape index (κ2) is 11.9. The lowest BCUT2D eigenvalue weighted by Crippen LogP contribution is -2.26. The van der Waals surface area contributed by atoms with Crippen molar-refractivity contribution in [2.24, 2.45) is 5.92 Å². The third-order valence-corrected chi connectivity index (χ3v) is 6.15. The highest BCUT2D eigenvalue weighted by molar-refractivity contribution is 5.94. The molecule has 1 atom stereocenters. The Balaban J connectivity index is 1.66. The standard InChI is InChI=1S/C31H37NO4/c1-21(2)29(24-7-9-25(10-8-24)30(34)32-20-19-28(33)35-6)36-27-17-13-23(14-18-27)22-11-15-26(16-12-22)31(3,4)5/h7-18,21,29H,19-20H2,1-6H3,(H,32,34). The molecule has 0 spiro atoms. The van der Waals surface area contributed by atoms with Gasteiger partial charge in [-0.15, -0.1) is 0 Å². The number of amides is 1. The SMILES string of the molecule is COC(=O)CCNC(=O)c1ccc(C(Oc2ccc(-c3ccc(C(C)(C)C)cc3)cc2)C(C)C)cc1. The van der Waals surface area contributed by atoms with E-state index in [1.807, 2.05) is 24.3 Å². The predicted octanol–water partition coefficient (Wildman–Crippen LogP) is 6.72. The smallest absolute Gasteiger partial charge is 0.307 e. The molecular formula is C31H37NO4. The van der Waals surface area contributed by atoms with Crippen molar-refractivity contribution in [2.75, 3.05) is 13.7 Å². The van der Waals surface area contributed by atoms with Gasteiger partial charge in [0.05, 0.1) is 13.5 Å². The van der Waals surface area contributed by atoms with Crippen LogP contribution in [0.5, 0.6) is 5.75 Å². The molecule has 36 heavy (non-hydrogen) atoms. The van der Waals surface area contributed by atoms with Gasteiger partial charge < -0.3 is 14.8 Å². The monoisotopic (exact) mass is 487 g/mol. The van der Waals surface area contributed by atoms with Gasteiger partial charge in [0, 0.05) is 12.1 Å². The number of rotatable bonds is 9. The van der Waals surface area contributed by atoms with Crippen molar-refractivity contribution in [3.05, 3.63) is 89.5 Å². The van der Waals surface area contributed by atoms with Crippen molar-refractivity contribution >= 4 is 11.9 Å². The molecule has 3 aromatic rings. The molecule has 0 fully saturated rings. The Morgan fingerprint density at radius 2 is 1.39 bits per heavy atom. The van der Waals surface area contributed by atoms with E-state index in [0.29, 0.717) is 5.56 Å². The van der Waals surface area contributed by atoms with Gasteiger partial charge in [0.25, 0.3) is 5.91 Å². The van der Waals surface area contributed by atoms with Gasteiger partial charge in [-0.25, -0.2) is 0 Å². The molecule has 5 nitrogen and oxygen atoms in total. The van der Waals surface area contributed by atoms with E-state index in [0.717, 1.165) is 16.9 Å². The minimum Gasteiger partial charge on any atom is -0.485 e. The predicted molar refractivity (Wildman–Crippen MR) is 144 cm³/mol. The largest absolute Gasteiger partial charge is 0.485 e. The van der Waals surface area contributed by atoms with E-state index in [9.17, 15) is 9.59 Å². The third-order valence-electron chi connectivity index (χ3n) is 6.15. The van der Waals surface area contributed by atoms with Crippen molar-refractivity contribution in [3.63, 3.8) is 0 Å². The molecule has 190 valence electrons. The van der Waals surface area contributed by atoms with Crippen molar-refractivity contribution in [1.82, 2.24) is 5.32 Å². The highest BCUT2D eigenvalue weighted by Gasteiger charge is 2.19. The summed E-state index contributed by atoms with van der Waals surface area (Å²) in [4.78, 5) is 23.6. The van der Waals surface area contributed by atoms with Crippen LogP contribution in [0.2, 0.25) is 0 Å². The fourth-order valence-electron chi connectivity index (χ4n) is 3.93. The maximum Gasteiger partial charge on any atom is 0.307 e. The average Bonchev–Trinajstić information content (AvgIpc) is 2.87. The van der Waals surface area contributed by atoms with E-state index >= 15 is 0 Å². The molecule has 0 aliphatic carbocycles. The number of carbonyl (C=O) groups excluding carboxylic acids is 2. The minimum atomic E-state index is -0.353. The number of esters is 1. The van der Waals surface area contributed by atoms with Gasteiger partial charge in [-0.3, -0.25) is 9.59 Å². The summed E-state index contributed by atoms with van der Waals surface area (Å²) in [6.45, 7) is 11.1. The Hall–Kier alpha value is -3.60. The molecule has 0 saturated heterocycles. The van der Waals surface area contributed by atoms with Crippen LogP contribution in [0.4, 0.5) is 0 Å². The molecule has 3 aromatic carbocycles. The van der Waals surface area contributed by atoms with Gasteiger partial charge >= 0.3 is 5.97 Å². The zero-order valence-electron chi connectivity index (χ0n) is 22.1. The number of hydrogen-bond acceptors (Lipinski definition) is 4. The third kappa shape index (κ3) is 7.20. The zero-order chi connectivity index (χ0) is 26.3. The average molecular weight is 488 g/mol. The summed E-state index contributed by atoms with van der Waals surface area (Å²) in [7, 11) is 1.33. The van der Waals surface area contributed by atoms with Gasteiger partial charge in [0.1, 0.15) is 11.9 Å². The summed E-state index contributed by atoms with van der Waals surface area (Å²) >= 11 is 0. The Bertz CT molecular complexity index is 1140. The molecule has 1 unspecified atom stereocenters. The van der Waals surface area contributed by atoms with Crippen LogP contribution in [0.3, 0.4) is 0 Å². The molecule has 5 heteroatoms. The second-order valence-electron chi connectivity index (χ2n) is 10.3. The van der Waals surface area contributed by atoms with Crippen LogP contribution in [0, 0.1) is 5.92 Å². The summed E-state index contributed by atoms with van der Waals surface area (Å²) in [5.74, 6) is 0.454. The lowest BCUT2D eigenvalue weighted by molar-refractivity contribution is -0.140. The number of hydrogen-bond donors (Lipinski definition) is 1. The second-order valence-corrected chi connectivity index (χ2v) is 10.3. The molecular weight excluding hydrogens is 450 g/mol. The van der Waals surface area contributed by atoms with Gasteiger partial charge in [-0.05, 0) is 57.9 Å². The zero-order valence-corrected chi connectivity index (χ0v) is 22.1. The number of ether oxygens (including phenoxy) is 2. The Morgan fingerprint density at radius 1 is 0.833 bits per heavy atom. The molecule has 0 aliphatic rings. The summed E-state index contributed by atoms with van der Waals surface area (Å²) in [6, 6.07) is 24.3. The summed E-state index contributed by atoms with van der Waals surface area (Å²) < 4.78 is 11.0. The van der Waals surface area contributed by atoms with E-state index in [1.165, 1.54) is 18.2 Å². The molecule has 0 aliphatic heterocycles. The highest BCUT2D eigenvalue weighted by atomic mass is 16.5. The highest BCUT2D eigenvalue weighted by Crippen LogP contribution is 2.31. The molecule has 1 N–H and O–H groups in total. The van der Waals surface area contributed by atoms with E-state index in [1.54, 1.807) is 12.1 Å². The Morgan fingerprint density at radius 3 is 1.89 bits per heavy atom. The molecule has 0 bridgehead atoms. The van der Waals surface area contributed by atoms with E-state index < -0.39 is 0 Å². The van der Waals surface area contributed by atoms with Gasteiger partial charge in [-0.2, -0.15) is 0 Å². The maximum atomic E-state index is 12.3. The molecule has 0 radical (unpaired) electrons. The topological polar surface area (TPSA) is 64.6 Å². The first-order valence-electron chi connectivity index (χ1n) is 12.4. The quantitative estimate of drug-likeness (QED) is 0.340. The molecule has 1 amide bonds. The van der Waals surface area contributed by atoms with Crippen LogP contribution in [-0.4, -0.2) is 25.5 Å². The van der Waals surface area contributed by atoms with Crippen LogP contribution in [-0.2, 0) is 14.9 Å². The lowest BCUT2D eigenvalue weighted by atomic mass is 9.86. The van der Waals surface area contributed by atoms with Crippen LogP contribution < -0.4 is 10.1 Å². The fourth-order valence-corrected chi connectivity index (χ4v) is 3.93. The van der Waals surface area contributed by atoms with Gasteiger partial charge in [0.15, 0.2) is 0 Å². The summed E-state index contributed by atoms with van der Waals surface area (Å²) in [5.41, 5.74) is 5.30. The number of benzene rings is 3. The van der Waals surface area contributed by atoms with E-state index in [-0.39, 0.29) is 42.3 Å². The summed E-state index contributed by atoms with van der Waals surface area (Å²) in [5, 5.41) is 2.73. The van der Waals surface area contributed by atoms with Crippen molar-refractivity contribution in [3.8, 4) is 16.9 Å².